The summed E-state index contributed by atoms with van der Waals surface area (Å²) in [6.45, 7) is 3.84. The number of ether oxygens (including phenoxy) is 4. The van der Waals surface area contributed by atoms with Crippen LogP contribution in [0.15, 0.2) is 80.4 Å². The molecule has 0 bridgehead atoms. The molecule has 8 N–H and O–H groups in total. The number of nitrogens with two attached hydrogens (primary N) is 1. The number of anilines is 2. The lowest BCUT2D eigenvalue weighted by molar-refractivity contribution is -0.142. The zero-order valence-corrected chi connectivity index (χ0v) is 54.5. The topological polar surface area (TPSA) is 456 Å². The van der Waals surface area contributed by atoms with Crippen molar-refractivity contribution in [2.24, 2.45) is 5.73 Å². The van der Waals surface area contributed by atoms with Gasteiger partial charge in [0.15, 0.2) is 28.0 Å². The van der Waals surface area contributed by atoms with Crippen molar-refractivity contribution < 1.29 is 104 Å². The number of sulfonamides is 2. The first-order chi connectivity index (χ1) is 43.1. The maximum atomic E-state index is 14.2. The van der Waals surface area contributed by atoms with Gasteiger partial charge in [-0.05, 0) is 75.1 Å². The number of carboxylic acid groups (broad SMARTS) is 1. The Kier molecular flexibility index (Phi) is 29.3. The number of nitrogens with one attached hydrogen (secondary N) is 4. The fraction of sp³-hybridized carbons (Fsp3) is 0.388. The summed E-state index contributed by atoms with van der Waals surface area (Å²) in [5, 5.41) is 14.2. The minimum Gasteiger partial charge on any atom is -0.481 e. The van der Waals surface area contributed by atoms with Crippen LogP contribution < -0.4 is 45.7 Å². The molecule has 0 fully saturated rings. The number of aromatic nitrogens is 9. The molecule has 93 heavy (non-hydrogen) atoms. The van der Waals surface area contributed by atoms with Gasteiger partial charge in [-0.1, -0.05) is 36.7 Å². The average Bonchev–Trinajstić information content (AvgIpc) is 1.79. The number of nitrogens with zero attached hydrogens (tertiary/aromatic N) is 9. The van der Waals surface area contributed by atoms with Gasteiger partial charge in [-0.25, -0.2) is 54.6 Å². The third-order valence-corrected chi connectivity index (χ3v) is 17.6. The summed E-state index contributed by atoms with van der Waals surface area (Å²) < 4.78 is 186. The molecule has 2 aromatic carbocycles. The van der Waals surface area contributed by atoms with Crippen LogP contribution in [0.4, 0.5) is 47.8 Å². The number of halogens is 8. The average molecular weight is 1440 g/mol. The van der Waals surface area contributed by atoms with E-state index in [1.165, 1.54) is 79.1 Å². The predicted octanol–water partition coefficient (Wildman–Crippen LogP) is 5.32. The van der Waals surface area contributed by atoms with Crippen molar-refractivity contribution in [3.05, 3.63) is 105 Å². The molecular weight excluding hydrogens is 1380 g/mol. The lowest BCUT2D eigenvalue weighted by Gasteiger charge is -2.13. The number of hydrogen-bond acceptors (Lipinski definition) is 24. The molecule has 4 heterocycles. The molecule has 0 aliphatic heterocycles. The molecule has 4 aromatic heterocycles. The highest BCUT2D eigenvalue weighted by Gasteiger charge is 2.31. The predicted molar refractivity (Wildman–Crippen MR) is 317 cm³/mol. The lowest BCUT2D eigenvalue weighted by Crippen LogP contribution is -2.36. The zero-order valence-electron chi connectivity index (χ0n) is 49.7. The number of aryl methyl sites for hydroxylation is 3. The van der Waals surface area contributed by atoms with Crippen LogP contribution in [0.5, 0.6) is 17.8 Å². The van der Waals surface area contributed by atoms with Crippen molar-refractivity contribution in [2.45, 2.75) is 92.3 Å². The van der Waals surface area contributed by atoms with E-state index in [0.29, 0.717) is 4.68 Å². The fourth-order valence-corrected chi connectivity index (χ4v) is 11.8. The highest BCUT2D eigenvalue weighted by Crippen LogP contribution is 2.36. The number of methoxy groups -OCH3 is 3. The van der Waals surface area contributed by atoms with Crippen LogP contribution in [0.1, 0.15) is 56.0 Å². The highest BCUT2D eigenvalue weighted by atomic mass is 35.5. The summed E-state index contributed by atoms with van der Waals surface area (Å²) >= 11 is 11.9. The molecule has 6 aromatic rings. The Morgan fingerprint density at radius 1 is 0.817 bits per heavy atom. The van der Waals surface area contributed by atoms with Gasteiger partial charge in [-0.2, -0.15) is 60.0 Å². The molecule has 6 rings (SSSR count). The smallest absolute Gasteiger partial charge is 0.389 e. The molecule has 0 aliphatic carbocycles. The van der Waals surface area contributed by atoms with E-state index in [4.69, 9.17) is 57.9 Å². The number of aliphatic carboxylic acids is 1. The van der Waals surface area contributed by atoms with Crippen molar-refractivity contribution >= 4 is 96.4 Å². The minimum atomic E-state index is -4.61. The van der Waals surface area contributed by atoms with Crippen molar-refractivity contribution in [1.82, 2.24) is 53.7 Å². The van der Waals surface area contributed by atoms with E-state index in [1.807, 2.05) is 0 Å². The first-order valence-corrected chi connectivity index (χ1v) is 33.6. The van der Waals surface area contributed by atoms with Crippen molar-refractivity contribution in [3.8, 4) is 23.5 Å². The van der Waals surface area contributed by atoms with Gasteiger partial charge in [-0.15, -0.1) is 16.7 Å². The second-order valence-electron chi connectivity index (χ2n) is 18.2. The van der Waals surface area contributed by atoms with Crippen molar-refractivity contribution in [1.29, 1.82) is 0 Å². The molecule has 44 heteroatoms. The SMILES string of the molecule is CCOC(=O)C(Cl)Cc1cc(-n2nc(C)n(C(F)F)c2=O)c(F)cc1Cl.CCS(=O)(=O)c1cccnc1S(=O)(=O)NC(=O)Nc1nc(OC)cc(OC)n1.COc1nc(C)nc(NC(=O)NS(=O)(=O)c2ccccc2CCC(F)(F)F)n1.CP(=O)(O)CCC(N)C(=O)O. The summed E-state index contributed by atoms with van der Waals surface area (Å²) in [5.41, 5.74) is 3.65. The van der Waals surface area contributed by atoms with Crippen LogP contribution in [0, 0.1) is 19.7 Å². The summed E-state index contributed by atoms with van der Waals surface area (Å²) in [5.74, 6) is -3.63. The number of hydrogen-bond donors (Lipinski definition) is 7. The molecule has 0 spiro atoms. The Morgan fingerprint density at radius 2 is 1.39 bits per heavy atom. The lowest BCUT2D eigenvalue weighted by atomic mass is 10.1. The number of carbonyl (C=O) groups excluding carboxylic acids is 3. The van der Waals surface area contributed by atoms with Gasteiger partial charge in [0.2, 0.25) is 23.7 Å². The monoisotopic (exact) mass is 1440 g/mol. The highest BCUT2D eigenvalue weighted by molar-refractivity contribution is 7.93. The normalized spacial score (nSPS) is 12.7. The molecule has 0 saturated carbocycles. The maximum Gasteiger partial charge on any atom is 0.389 e. The number of benzene rings is 2. The van der Waals surface area contributed by atoms with E-state index in [1.54, 1.807) is 16.4 Å². The van der Waals surface area contributed by atoms with Crippen LogP contribution in [-0.4, -0.2) is 168 Å². The molecule has 0 saturated heterocycles. The molecular formula is C49H59Cl2F6N14O18PS3. The van der Waals surface area contributed by atoms with Crippen molar-refractivity contribution in [2.75, 3.05) is 57.1 Å². The van der Waals surface area contributed by atoms with Crippen LogP contribution in [0.2, 0.25) is 5.02 Å². The Bertz CT molecular complexity index is 4080. The van der Waals surface area contributed by atoms with E-state index < -0.39 is 125 Å². The van der Waals surface area contributed by atoms with Gasteiger partial charge in [0.25, 0.3) is 20.0 Å². The molecule has 32 nitrogen and oxygen atoms in total. The first-order valence-electron chi connectivity index (χ1n) is 25.9. The Balaban J connectivity index is 0.000000337. The maximum absolute atomic E-state index is 14.2. The number of esters is 1. The van der Waals surface area contributed by atoms with Crippen LogP contribution >= 0.6 is 30.6 Å². The number of sulfone groups is 1. The zero-order chi connectivity index (χ0) is 70.6. The largest absolute Gasteiger partial charge is 0.481 e. The Hall–Kier alpha value is -8.34. The Morgan fingerprint density at radius 3 is 1.90 bits per heavy atom. The number of carbonyl (C=O) groups is 4. The molecule has 0 radical (unpaired) electrons. The second kappa shape index (κ2) is 34.5. The van der Waals surface area contributed by atoms with Crippen LogP contribution in [0.25, 0.3) is 5.69 Å². The van der Waals surface area contributed by atoms with Gasteiger partial charge in [0.05, 0.1) is 44.7 Å². The van der Waals surface area contributed by atoms with Gasteiger partial charge < -0.3 is 34.7 Å². The van der Waals surface area contributed by atoms with Gasteiger partial charge >= 0.3 is 48.4 Å². The van der Waals surface area contributed by atoms with Crippen molar-refractivity contribution in [3.63, 3.8) is 0 Å². The number of amides is 4. The number of rotatable bonds is 23. The van der Waals surface area contributed by atoms with E-state index >= 15 is 0 Å². The summed E-state index contributed by atoms with van der Waals surface area (Å²) in [6, 6.07) is 7.28. The van der Waals surface area contributed by atoms with Gasteiger partial charge in [0.1, 0.15) is 33.7 Å². The number of alkyl halides is 6. The molecule has 3 unspecified atom stereocenters. The standard InChI is InChI=1S/C15H14Cl2F3N3O3.C15H16F3N5O4S.C14H17N5O7S2.C5H12NO4P/c1-3-26-13(24)10(17)4-8-5-12(11(18)6-9(8)16)23-15(25)22(14(19)20)7(2)21-23;1-9-19-12(22-14(20-9)27-2)21-13(24)23-28(25,26)11-6-4-3-5-10(11)7-8-15(16,17)18;1-4-27(21,22)9-6-5-7-15-12(9)28(23,24)19-14(20)18-13-16-10(25-2)8-11(17-13)26-3;1-11(9,10)3-2-4(6)5(7)8/h5-6,10,14H,3-4H2,1-2H3;3-6H,7-8H2,1-2H3,(H2,19,20,21,22,23,24);5-8H,4H2,1-3H3,(H2,16,17,18,19,20);4H,2-3,6H2,1H3,(H,7,8)(H,9,10). The van der Waals surface area contributed by atoms with E-state index in [0.717, 1.165) is 30.5 Å². The summed E-state index contributed by atoms with van der Waals surface area (Å²) in [4.78, 5) is 88.3. The molecule has 4 amide bonds. The van der Waals surface area contributed by atoms with Gasteiger partial charge in [0, 0.05) is 36.9 Å². The van der Waals surface area contributed by atoms with Gasteiger partial charge in [-0.3, -0.25) is 24.8 Å². The molecule has 0 aliphatic rings. The van der Waals surface area contributed by atoms with E-state index in [2.05, 4.69) is 45.6 Å². The third kappa shape index (κ3) is 24.9. The van der Waals surface area contributed by atoms with Crippen LogP contribution in [0.3, 0.4) is 0 Å². The Labute approximate surface area is 535 Å². The molecule has 512 valence electrons. The number of urea groups is 2. The quantitative estimate of drug-likeness (QED) is 0.0185. The fourth-order valence-electron chi connectivity index (χ4n) is 6.86. The second-order valence-corrected chi connectivity index (χ2v) is 27.2. The van der Waals surface area contributed by atoms with Crippen LogP contribution in [-0.2, 0) is 61.6 Å². The van der Waals surface area contributed by atoms with E-state index in [-0.39, 0.29) is 99.1 Å². The molecule has 3 atom stereocenters. The number of carboxylic acids is 1. The number of pyridine rings is 1. The van der Waals surface area contributed by atoms with E-state index in [9.17, 15) is 80.1 Å². The third-order valence-electron chi connectivity index (χ3n) is 11.2. The first kappa shape index (κ1) is 78.9. The summed E-state index contributed by atoms with van der Waals surface area (Å²) in [7, 11) is -12.1. The minimum absolute atomic E-state index is 0.0412. The summed E-state index contributed by atoms with van der Waals surface area (Å²) in [6.07, 6.45) is -5.22.